The summed E-state index contributed by atoms with van der Waals surface area (Å²) in [6, 6.07) is 28.3. The summed E-state index contributed by atoms with van der Waals surface area (Å²) >= 11 is 0. The van der Waals surface area contributed by atoms with Crippen LogP contribution in [0.4, 0.5) is 5.69 Å². The summed E-state index contributed by atoms with van der Waals surface area (Å²) in [6.45, 7) is 3.01. The van der Waals surface area contributed by atoms with Crippen molar-refractivity contribution < 1.29 is 19.1 Å². The van der Waals surface area contributed by atoms with Crippen LogP contribution in [0.1, 0.15) is 41.3 Å². The van der Waals surface area contributed by atoms with Crippen molar-refractivity contribution in [1.82, 2.24) is 10.2 Å². The Balaban J connectivity index is 1.37. The normalized spacial score (nSPS) is 12.8. The summed E-state index contributed by atoms with van der Waals surface area (Å²) < 4.78 is 5.40. The summed E-state index contributed by atoms with van der Waals surface area (Å²) in [5.74, 6) is 0.322. The Morgan fingerprint density at radius 3 is 2.41 bits per heavy atom. The summed E-state index contributed by atoms with van der Waals surface area (Å²) in [4.78, 5) is 44.0. The number of rotatable bonds is 12. The van der Waals surface area contributed by atoms with Gasteiger partial charge in [0.2, 0.25) is 11.8 Å². The van der Waals surface area contributed by atoms with Crippen molar-refractivity contribution in [3.8, 4) is 5.75 Å². The van der Waals surface area contributed by atoms with Gasteiger partial charge in [0.25, 0.3) is 5.91 Å². The van der Waals surface area contributed by atoms with Gasteiger partial charge >= 0.3 is 0 Å². The van der Waals surface area contributed by atoms with Gasteiger partial charge in [-0.2, -0.15) is 0 Å². The Morgan fingerprint density at radius 2 is 1.66 bits per heavy atom. The van der Waals surface area contributed by atoms with Crippen molar-refractivity contribution in [2.24, 2.45) is 0 Å². The summed E-state index contributed by atoms with van der Waals surface area (Å²) in [7, 11) is 1.60. The van der Waals surface area contributed by atoms with Crippen molar-refractivity contribution >= 4 is 34.2 Å². The van der Waals surface area contributed by atoms with E-state index in [0.29, 0.717) is 37.2 Å². The van der Waals surface area contributed by atoms with Gasteiger partial charge in [0.05, 0.1) is 12.8 Å². The van der Waals surface area contributed by atoms with Gasteiger partial charge < -0.3 is 19.9 Å². The fraction of sp³-hybridized carbons (Fsp3) is 0.265. The number of anilines is 1. The Labute approximate surface area is 240 Å². The minimum Gasteiger partial charge on any atom is -0.497 e. The van der Waals surface area contributed by atoms with Gasteiger partial charge in [-0.3, -0.25) is 14.4 Å². The van der Waals surface area contributed by atoms with E-state index in [0.717, 1.165) is 27.6 Å². The second-order valence-corrected chi connectivity index (χ2v) is 10.2. The Bertz CT molecular complexity index is 1550. The van der Waals surface area contributed by atoms with Crippen LogP contribution in [0, 0.1) is 0 Å². The predicted octanol–water partition coefficient (Wildman–Crippen LogP) is 5.37. The molecule has 41 heavy (non-hydrogen) atoms. The van der Waals surface area contributed by atoms with Crippen LogP contribution in [0.5, 0.6) is 5.75 Å². The first-order chi connectivity index (χ1) is 20.0. The highest BCUT2D eigenvalue weighted by atomic mass is 16.5. The lowest BCUT2D eigenvalue weighted by atomic mass is 10.0. The fourth-order valence-corrected chi connectivity index (χ4v) is 5.55. The lowest BCUT2D eigenvalue weighted by molar-refractivity contribution is -0.141. The van der Waals surface area contributed by atoms with E-state index < -0.39 is 6.04 Å². The Hall–Kier alpha value is -4.65. The Kier molecular flexibility index (Phi) is 8.63. The first kappa shape index (κ1) is 27.9. The highest BCUT2D eigenvalue weighted by molar-refractivity contribution is 6.25. The molecule has 1 aliphatic heterocycles. The molecule has 1 aliphatic rings. The van der Waals surface area contributed by atoms with Crippen LogP contribution in [-0.2, 0) is 22.6 Å². The van der Waals surface area contributed by atoms with E-state index in [9.17, 15) is 14.4 Å². The lowest BCUT2D eigenvalue weighted by Gasteiger charge is -2.32. The summed E-state index contributed by atoms with van der Waals surface area (Å²) in [6.07, 6.45) is 1.06. The largest absolute Gasteiger partial charge is 0.497 e. The van der Waals surface area contributed by atoms with E-state index in [4.69, 9.17) is 4.74 Å². The quantitative estimate of drug-likeness (QED) is 0.258. The smallest absolute Gasteiger partial charge is 0.258 e. The summed E-state index contributed by atoms with van der Waals surface area (Å²) in [5.41, 5.74) is 3.42. The van der Waals surface area contributed by atoms with Gasteiger partial charge in [-0.05, 0) is 54.1 Å². The molecule has 0 bridgehead atoms. The molecule has 1 atom stereocenters. The zero-order valence-corrected chi connectivity index (χ0v) is 23.5. The highest BCUT2D eigenvalue weighted by Crippen LogP contribution is 2.37. The minimum absolute atomic E-state index is 0.0400. The third-order valence-electron chi connectivity index (χ3n) is 7.53. The van der Waals surface area contributed by atoms with Gasteiger partial charge in [-0.1, -0.05) is 66.7 Å². The topological polar surface area (TPSA) is 79.0 Å². The molecule has 7 heteroatoms. The van der Waals surface area contributed by atoms with Gasteiger partial charge in [-0.25, -0.2) is 0 Å². The lowest BCUT2D eigenvalue weighted by Crippen LogP contribution is -2.50. The van der Waals surface area contributed by atoms with Gasteiger partial charge in [0.1, 0.15) is 11.8 Å². The zero-order chi connectivity index (χ0) is 28.8. The molecule has 0 radical (unpaired) electrons. The van der Waals surface area contributed by atoms with Crippen molar-refractivity contribution in [3.05, 3.63) is 108 Å². The third kappa shape index (κ3) is 6.09. The monoisotopic (exact) mass is 549 g/mol. The average Bonchev–Trinajstić information content (AvgIpc) is 3.27. The maximum absolute atomic E-state index is 13.9. The number of amides is 3. The summed E-state index contributed by atoms with van der Waals surface area (Å²) in [5, 5.41) is 4.92. The molecule has 4 aromatic carbocycles. The van der Waals surface area contributed by atoms with Crippen molar-refractivity contribution in [2.45, 2.75) is 38.8 Å². The molecule has 0 aliphatic carbocycles. The van der Waals surface area contributed by atoms with E-state index in [-0.39, 0.29) is 30.7 Å². The number of nitrogens with one attached hydrogen (secondary N) is 1. The Morgan fingerprint density at radius 1 is 0.927 bits per heavy atom. The van der Waals surface area contributed by atoms with Crippen LogP contribution < -0.4 is 15.0 Å². The second kappa shape index (κ2) is 12.7. The van der Waals surface area contributed by atoms with Crippen molar-refractivity contribution in [2.75, 3.05) is 25.1 Å². The van der Waals surface area contributed by atoms with Gasteiger partial charge in [-0.15, -0.1) is 0 Å². The number of ether oxygens (including phenoxy) is 1. The number of likely N-dealkylation sites (N-methyl/N-ethyl adjacent to an activating group) is 1. The molecule has 0 unspecified atom stereocenters. The number of methoxy groups -OCH3 is 1. The first-order valence-corrected chi connectivity index (χ1v) is 14.1. The van der Waals surface area contributed by atoms with Crippen LogP contribution in [0.2, 0.25) is 0 Å². The predicted molar refractivity (Wildman–Crippen MR) is 161 cm³/mol. The molecule has 0 aromatic heterocycles. The highest BCUT2D eigenvalue weighted by Gasteiger charge is 2.32. The molecule has 0 saturated heterocycles. The second-order valence-electron chi connectivity index (χ2n) is 10.2. The van der Waals surface area contributed by atoms with Crippen molar-refractivity contribution in [3.63, 3.8) is 0 Å². The standard InChI is InChI=1S/C34H35N3O4/c1-3-35-33(39)30(22-24-11-5-4-6-12-24)37(23-25-13-7-16-27(21-25)41-2)31(38)19-10-20-36-29-18-9-15-26-14-8-17-28(32(26)29)34(36)40/h4-9,11-18,21,30H,3,10,19-20,22-23H2,1-2H3,(H,35,39)/t30-/m0/s1. The van der Waals surface area contributed by atoms with Crippen LogP contribution in [0.25, 0.3) is 10.8 Å². The molecule has 5 rings (SSSR count). The van der Waals surface area contributed by atoms with E-state index in [2.05, 4.69) is 5.32 Å². The zero-order valence-electron chi connectivity index (χ0n) is 23.5. The number of carbonyl (C=O) groups excluding carboxylic acids is 3. The first-order valence-electron chi connectivity index (χ1n) is 14.1. The number of hydrogen-bond acceptors (Lipinski definition) is 4. The molecule has 1 heterocycles. The van der Waals surface area contributed by atoms with Crippen LogP contribution >= 0.6 is 0 Å². The van der Waals surface area contributed by atoms with Crippen molar-refractivity contribution in [1.29, 1.82) is 0 Å². The van der Waals surface area contributed by atoms with E-state index >= 15 is 0 Å². The van der Waals surface area contributed by atoms with E-state index in [1.54, 1.807) is 16.9 Å². The molecule has 0 saturated carbocycles. The molecular weight excluding hydrogens is 514 g/mol. The molecule has 3 amide bonds. The van der Waals surface area contributed by atoms with E-state index in [1.807, 2.05) is 97.9 Å². The number of hydrogen-bond donors (Lipinski definition) is 1. The molecule has 1 N–H and O–H groups in total. The molecule has 0 fully saturated rings. The maximum atomic E-state index is 13.9. The number of nitrogens with zero attached hydrogens (tertiary/aromatic N) is 2. The van der Waals surface area contributed by atoms with E-state index in [1.165, 1.54) is 0 Å². The van der Waals surface area contributed by atoms with Gasteiger partial charge in [0, 0.05) is 43.4 Å². The maximum Gasteiger partial charge on any atom is 0.258 e. The number of benzene rings is 4. The average molecular weight is 550 g/mol. The fourth-order valence-electron chi connectivity index (χ4n) is 5.55. The minimum atomic E-state index is -0.692. The van der Waals surface area contributed by atoms with Gasteiger partial charge in [0.15, 0.2) is 0 Å². The van der Waals surface area contributed by atoms with Crippen LogP contribution in [0.3, 0.4) is 0 Å². The van der Waals surface area contributed by atoms with Crippen LogP contribution in [-0.4, -0.2) is 48.9 Å². The molecular formula is C34H35N3O4. The van der Waals surface area contributed by atoms with Crippen LogP contribution in [0.15, 0.2) is 91.0 Å². The molecule has 7 nitrogen and oxygen atoms in total. The molecule has 0 spiro atoms. The SMILES string of the molecule is CCNC(=O)[C@H](Cc1ccccc1)N(Cc1cccc(OC)c1)C(=O)CCCN1C(=O)c2cccc3cccc1c23. The molecule has 210 valence electrons. The number of carbonyl (C=O) groups is 3. The third-order valence-corrected chi connectivity index (χ3v) is 7.53. The molecule has 4 aromatic rings.